The number of carboxylic acid groups (broad SMARTS) is 1. The number of halogens is 3. The maximum Gasteiger partial charge on any atom is 0.419 e. The van der Waals surface area contributed by atoms with Gasteiger partial charge >= 0.3 is 18.2 Å². The molecule has 1 aliphatic heterocycles. The van der Waals surface area contributed by atoms with Crippen LogP contribution in [0.25, 0.3) is 22.2 Å². The summed E-state index contributed by atoms with van der Waals surface area (Å²) in [5, 5.41) is 15.9. The van der Waals surface area contributed by atoms with E-state index >= 15 is 0 Å². The lowest BCUT2D eigenvalue weighted by Crippen LogP contribution is -2.33. The molecule has 0 aliphatic carbocycles. The molecule has 1 saturated heterocycles. The number of unbranched alkanes of at least 4 members (excludes halogenated alkanes) is 2. The van der Waals surface area contributed by atoms with Gasteiger partial charge in [-0.25, -0.2) is 19.6 Å². The highest BCUT2D eigenvalue weighted by atomic mass is 31.2. The first-order chi connectivity index (χ1) is 20.9. The number of ether oxygens (including phenoxy) is 1. The Kier molecular flexibility index (Phi) is 10.2. The van der Waals surface area contributed by atoms with E-state index in [1.807, 2.05) is 20.8 Å². The number of likely N-dealkylation sites (tertiary alicyclic amines) is 1. The lowest BCUT2D eigenvalue weighted by Gasteiger charge is -2.19. The fourth-order valence-electron chi connectivity index (χ4n) is 5.45. The summed E-state index contributed by atoms with van der Waals surface area (Å²) in [5.41, 5.74) is -1.81. The number of aromatic nitrogens is 3. The van der Waals surface area contributed by atoms with Gasteiger partial charge in [-0.1, -0.05) is 12.5 Å². The van der Waals surface area contributed by atoms with Crippen molar-refractivity contribution in [2.24, 2.45) is 0 Å². The number of alkyl halides is 3. The summed E-state index contributed by atoms with van der Waals surface area (Å²) >= 11 is 0. The number of carboxylic acids is 1. The van der Waals surface area contributed by atoms with Crippen molar-refractivity contribution in [2.75, 3.05) is 44.8 Å². The second-order valence-corrected chi connectivity index (χ2v) is 15.8. The van der Waals surface area contributed by atoms with E-state index in [1.54, 1.807) is 0 Å². The molecule has 0 saturated carbocycles. The molecule has 4 N–H and O–H groups in total. The van der Waals surface area contributed by atoms with Crippen LogP contribution in [0.4, 0.5) is 23.9 Å². The smallest absolute Gasteiger partial charge is 0.419 e. The highest BCUT2D eigenvalue weighted by molar-refractivity contribution is 7.70. The molecule has 1 aliphatic rings. The Bertz CT molecular complexity index is 1600. The van der Waals surface area contributed by atoms with Crippen molar-refractivity contribution >= 4 is 41.4 Å². The zero-order chi connectivity index (χ0) is 33.2. The average Bonchev–Trinajstić information content (AvgIpc) is 3.54. The molecule has 11 nitrogen and oxygen atoms in total. The van der Waals surface area contributed by atoms with E-state index in [0.717, 1.165) is 45.0 Å². The Morgan fingerprint density at radius 1 is 1.18 bits per heavy atom. The van der Waals surface area contributed by atoms with Gasteiger partial charge in [0, 0.05) is 54.3 Å². The molecule has 2 aromatic heterocycles. The number of H-pyrrole nitrogens is 1. The van der Waals surface area contributed by atoms with E-state index < -0.39 is 36.5 Å². The van der Waals surface area contributed by atoms with Gasteiger partial charge < -0.3 is 34.9 Å². The third kappa shape index (κ3) is 8.76. The van der Waals surface area contributed by atoms with E-state index in [9.17, 15) is 32.4 Å². The van der Waals surface area contributed by atoms with Crippen LogP contribution in [0.5, 0.6) is 0 Å². The number of amides is 1. The van der Waals surface area contributed by atoms with Crippen molar-refractivity contribution in [3.05, 3.63) is 35.7 Å². The van der Waals surface area contributed by atoms with Crippen molar-refractivity contribution in [2.45, 2.75) is 64.3 Å². The monoisotopic (exact) mass is 652 g/mol. The van der Waals surface area contributed by atoms with Crippen LogP contribution in [-0.4, -0.2) is 88.2 Å². The Morgan fingerprint density at radius 3 is 2.56 bits per heavy atom. The van der Waals surface area contributed by atoms with Gasteiger partial charge in [-0.15, -0.1) is 0 Å². The fourth-order valence-corrected chi connectivity index (χ4v) is 6.93. The molecule has 1 aromatic carbocycles. The van der Waals surface area contributed by atoms with Gasteiger partial charge in [0.15, 0.2) is 0 Å². The normalized spacial score (nSPS) is 16.2. The number of hydrogen-bond donors (Lipinski definition) is 4. The van der Waals surface area contributed by atoms with Gasteiger partial charge in [0.2, 0.25) is 5.95 Å². The molecule has 15 heteroatoms. The first kappa shape index (κ1) is 34.2. The van der Waals surface area contributed by atoms with E-state index in [-0.39, 0.29) is 45.0 Å². The highest BCUT2D eigenvalue weighted by Crippen LogP contribution is 2.43. The number of rotatable bonds is 11. The molecule has 0 unspecified atom stereocenters. The second-order valence-electron chi connectivity index (χ2n) is 12.6. The van der Waals surface area contributed by atoms with Gasteiger partial charge in [0.1, 0.15) is 18.3 Å². The molecule has 3 aromatic rings. The lowest BCUT2D eigenvalue weighted by atomic mass is 10.0. The molecule has 1 amide bonds. The largest absolute Gasteiger partial charge is 0.478 e. The number of benzene rings is 1. The number of anilines is 1. The number of hydrogen-bond acceptors (Lipinski definition) is 8. The van der Waals surface area contributed by atoms with Gasteiger partial charge in [-0.3, -0.25) is 0 Å². The number of carbonyl (C=O) groups is 2. The van der Waals surface area contributed by atoms with Gasteiger partial charge in [-0.05, 0) is 66.0 Å². The molecule has 45 heavy (non-hydrogen) atoms. The number of fused-ring (bicyclic) bond motifs is 1. The van der Waals surface area contributed by atoms with Crippen LogP contribution in [0.2, 0.25) is 0 Å². The van der Waals surface area contributed by atoms with Gasteiger partial charge in [0.25, 0.3) is 0 Å². The summed E-state index contributed by atoms with van der Waals surface area (Å²) in [4.78, 5) is 37.0. The molecular formula is C30H40F3N6O5P. The van der Waals surface area contributed by atoms with E-state index in [1.165, 1.54) is 31.7 Å². The third-order valence-corrected chi connectivity index (χ3v) is 8.91. The van der Waals surface area contributed by atoms with Crippen molar-refractivity contribution in [1.29, 1.82) is 0 Å². The number of alkyl carbamates (subject to hydrolysis) is 1. The summed E-state index contributed by atoms with van der Waals surface area (Å²) in [6.07, 6.45) is 0.321. The summed E-state index contributed by atoms with van der Waals surface area (Å²) in [6, 6.07) is 2.60. The molecular weight excluding hydrogens is 612 g/mol. The maximum atomic E-state index is 14.1. The minimum Gasteiger partial charge on any atom is -0.478 e. The van der Waals surface area contributed by atoms with E-state index in [4.69, 9.17) is 4.74 Å². The fraction of sp³-hybridized carbons (Fsp3) is 0.533. The summed E-state index contributed by atoms with van der Waals surface area (Å²) in [5.74, 6) is -1.23. The Hall–Kier alpha value is -3.64. The van der Waals surface area contributed by atoms with E-state index in [0.29, 0.717) is 13.1 Å². The Labute approximate surface area is 259 Å². The van der Waals surface area contributed by atoms with Crippen LogP contribution in [0, 0.1) is 0 Å². The van der Waals surface area contributed by atoms with Crippen LogP contribution in [-0.2, 0) is 15.5 Å². The maximum absolute atomic E-state index is 14.1. The number of carbonyl (C=O) groups excluding carboxylic acids is 1. The van der Waals surface area contributed by atoms with Crippen molar-refractivity contribution in [3.8, 4) is 11.3 Å². The molecule has 0 radical (unpaired) electrons. The van der Waals surface area contributed by atoms with Gasteiger partial charge in [-0.2, -0.15) is 13.2 Å². The minimum absolute atomic E-state index is 0.0476. The van der Waals surface area contributed by atoms with Crippen molar-refractivity contribution < 1.29 is 37.2 Å². The van der Waals surface area contributed by atoms with Gasteiger partial charge in [0.05, 0.1) is 16.8 Å². The predicted molar refractivity (Wildman–Crippen MR) is 167 cm³/mol. The SMILES string of the molecule is CC(C)(C)OC(=O)NCCCCCN1CC[C@H](Nc2ncc(C(F)(F)F)c(-c3c[nH]c4c(P(C)(C)=O)c(C(=O)O)ccc34)n2)C1. The zero-order valence-electron chi connectivity index (χ0n) is 26.0. The molecule has 0 spiro atoms. The summed E-state index contributed by atoms with van der Waals surface area (Å²) in [7, 11) is -3.14. The number of nitrogens with zero attached hydrogens (tertiary/aromatic N) is 3. The number of aromatic amines is 1. The molecule has 1 fully saturated rings. The number of nitrogens with one attached hydrogen (secondary N) is 3. The van der Waals surface area contributed by atoms with Crippen molar-refractivity contribution in [3.63, 3.8) is 0 Å². The number of aromatic carboxylic acids is 1. The van der Waals surface area contributed by atoms with Crippen LogP contribution >= 0.6 is 7.14 Å². The molecule has 4 rings (SSSR count). The minimum atomic E-state index is -4.75. The molecule has 1 atom stereocenters. The zero-order valence-corrected chi connectivity index (χ0v) is 26.9. The van der Waals surface area contributed by atoms with Crippen LogP contribution in [0.3, 0.4) is 0 Å². The molecule has 0 bridgehead atoms. The predicted octanol–water partition coefficient (Wildman–Crippen LogP) is 5.77. The standard InChI is InChI=1S/C30H40F3N6O5P/c1-29(2,3)44-28(42)34-12-7-6-8-13-39-14-11-18(17-39)37-27-36-16-22(30(31,32)33)23(38-27)21-15-35-24-19(21)9-10-20(26(40)41)25(24)45(4,5)43/h9-10,15-16,18,35H,6-8,11-14,17H2,1-5H3,(H,34,42)(H,40,41)(H,36,37,38)/t18-/m0/s1. The first-order valence-corrected chi connectivity index (χ1v) is 17.4. The topological polar surface area (TPSA) is 150 Å². The Balaban J connectivity index is 1.44. The van der Waals surface area contributed by atoms with Crippen LogP contribution in [0.1, 0.15) is 62.4 Å². The first-order valence-electron chi connectivity index (χ1n) is 14.8. The highest BCUT2D eigenvalue weighted by Gasteiger charge is 2.37. The van der Waals surface area contributed by atoms with Crippen molar-refractivity contribution in [1.82, 2.24) is 25.2 Å². The molecule has 3 heterocycles. The van der Waals surface area contributed by atoms with E-state index in [2.05, 4.69) is 30.5 Å². The van der Waals surface area contributed by atoms with Crippen LogP contribution < -0.4 is 15.9 Å². The third-order valence-electron chi connectivity index (χ3n) is 7.37. The quantitative estimate of drug-likeness (QED) is 0.150. The summed E-state index contributed by atoms with van der Waals surface area (Å²) < 4.78 is 60.6. The lowest BCUT2D eigenvalue weighted by molar-refractivity contribution is -0.137. The summed E-state index contributed by atoms with van der Waals surface area (Å²) in [6.45, 7) is 11.1. The molecule has 246 valence electrons. The van der Waals surface area contributed by atoms with Crippen LogP contribution in [0.15, 0.2) is 24.5 Å². The average molecular weight is 653 g/mol. The Morgan fingerprint density at radius 2 is 1.91 bits per heavy atom. The second kappa shape index (κ2) is 13.4.